The number of epoxide rings is 1. The van der Waals surface area contributed by atoms with Gasteiger partial charge < -0.3 is 4.74 Å². The van der Waals surface area contributed by atoms with Gasteiger partial charge in [-0.2, -0.15) is 5.26 Å². The van der Waals surface area contributed by atoms with Crippen molar-refractivity contribution in [2.24, 2.45) is 0 Å². The Labute approximate surface area is 136 Å². The van der Waals surface area contributed by atoms with E-state index in [-0.39, 0.29) is 5.41 Å². The minimum atomic E-state index is -0.472. The molecule has 0 N–H and O–H groups in total. The molecule has 1 aliphatic heterocycles. The zero-order chi connectivity index (χ0) is 15.9. The zero-order valence-corrected chi connectivity index (χ0v) is 12.9. The van der Waals surface area contributed by atoms with Gasteiger partial charge in [0.05, 0.1) is 12.7 Å². The molecule has 1 heterocycles. The van der Waals surface area contributed by atoms with Gasteiger partial charge in [0, 0.05) is 18.3 Å². The van der Waals surface area contributed by atoms with Crippen molar-refractivity contribution in [1.82, 2.24) is 0 Å². The molecule has 23 heavy (non-hydrogen) atoms. The quantitative estimate of drug-likeness (QED) is 0.631. The van der Waals surface area contributed by atoms with Crippen LogP contribution in [0.25, 0.3) is 11.1 Å². The second-order valence-electron chi connectivity index (χ2n) is 6.44. The number of ether oxygens (including phenoxy) is 1. The van der Waals surface area contributed by atoms with Crippen molar-refractivity contribution >= 4 is 0 Å². The number of terminal acetylenes is 1. The Bertz CT molecular complexity index is 803. The van der Waals surface area contributed by atoms with Crippen LogP contribution in [0.5, 0.6) is 0 Å². The maximum atomic E-state index is 9.19. The first kappa shape index (κ1) is 14.1. The molecule has 2 aromatic carbocycles. The van der Waals surface area contributed by atoms with Crippen molar-refractivity contribution in [2.45, 2.75) is 30.3 Å². The Hall–Kier alpha value is -2.55. The summed E-state index contributed by atoms with van der Waals surface area (Å²) in [6, 6.07) is 19.3. The van der Waals surface area contributed by atoms with Crippen molar-refractivity contribution in [1.29, 1.82) is 5.26 Å². The largest absolute Gasteiger partial charge is 0.356 e. The van der Waals surface area contributed by atoms with Crippen molar-refractivity contribution in [3.05, 3.63) is 59.7 Å². The van der Waals surface area contributed by atoms with Gasteiger partial charge in [0.15, 0.2) is 5.60 Å². The molecular weight excluding hydrogens is 282 g/mol. The minimum Gasteiger partial charge on any atom is -0.356 e. The molecular formula is C21H17NO. The molecule has 1 unspecified atom stereocenters. The highest BCUT2D eigenvalue weighted by molar-refractivity contribution is 5.81. The van der Waals surface area contributed by atoms with Gasteiger partial charge in [-0.3, -0.25) is 0 Å². The molecule has 1 saturated heterocycles. The van der Waals surface area contributed by atoms with Gasteiger partial charge >= 0.3 is 0 Å². The van der Waals surface area contributed by atoms with Crippen LogP contribution in [0.1, 0.15) is 30.4 Å². The first-order chi connectivity index (χ1) is 11.2. The van der Waals surface area contributed by atoms with Crippen LogP contribution in [0.3, 0.4) is 0 Å². The van der Waals surface area contributed by atoms with Crippen LogP contribution in [-0.2, 0) is 10.2 Å². The monoisotopic (exact) mass is 299 g/mol. The summed E-state index contributed by atoms with van der Waals surface area (Å²) >= 11 is 0. The molecule has 1 aliphatic carbocycles. The van der Waals surface area contributed by atoms with E-state index in [1.165, 1.54) is 22.3 Å². The molecule has 2 aliphatic rings. The van der Waals surface area contributed by atoms with Crippen LogP contribution in [0.15, 0.2) is 48.5 Å². The van der Waals surface area contributed by atoms with Crippen LogP contribution < -0.4 is 0 Å². The van der Waals surface area contributed by atoms with E-state index in [1.807, 2.05) is 0 Å². The number of nitriles is 1. The van der Waals surface area contributed by atoms with Crippen LogP contribution in [0.4, 0.5) is 0 Å². The summed E-state index contributed by atoms with van der Waals surface area (Å²) in [4.78, 5) is 0. The lowest BCUT2D eigenvalue weighted by molar-refractivity contribution is 0.293. The maximum absolute atomic E-state index is 9.19. The summed E-state index contributed by atoms with van der Waals surface area (Å²) in [7, 11) is 0. The van der Waals surface area contributed by atoms with E-state index >= 15 is 0 Å². The first-order valence-electron chi connectivity index (χ1n) is 7.93. The van der Waals surface area contributed by atoms with Gasteiger partial charge in [-0.1, -0.05) is 54.5 Å². The van der Waals surface area contributed by atoms with Gasteiger partial charge in [0.2, 0.25) is 0 Å². The SMILES string of the molecule is C#CC1(CC2(CCC#N)c3ccccc3-c3ccccc32)CO1. The number of hydrogen-bond acceptors (Lipinski definition) is 2. The van der Waals surface area contributed by atoms with Crippen LogP contribution in [0, 0.1) is 23.7 Å². The highest BCUT2D eigenvalue weighted by atomic mass is 16.6. The van der Waals surface area contributed by atoms with Crippen molar-refractivity contribution in [3.8, 4) is 29.5 Å². The Kier molecular flexibility index (Phi) is 3.05. The maximum Gasteiger partial charge on any atom is 0.152 e. The van der Waals surface area contributed by atoms with E-state index in [0.29, 0.717) is 13.0 Å². The smallest absolute Gasteiger partial charge is 0.152 e. The molecule has 0 spiro atoms. The molecule has 1 atom stereocenters. The fourth-order valence-electron chi connectivity index (χ4n) is 4.04. The Morgan fingerprint density at radius 1 is 1.04 bits per heavy atom. The molecule has 0 radical (unpaired) electrons. The molecule has 4 rings (SSSR count). The van der Waals surface area contributed by atoms with Crippen LogP contribution in [0.2, 0.25) is 0 Å². The molecule has 0 bridgehead atoms. The van der Waals surface area contributed by atoms with E-state index in [0.717, 1.165) is 12.8 Å². The standard InChI is InChI=1S/C21H17NO/c1-2-20(15-23-20)14-21(12-7-13-22)18-10-5-3-8-16(18)17-9-4-6-11-19(17)21/h1,3-6,8-11H,7,12,14-15H2. The molecule has 112 valence electrons. The van der Waals surface area contributed by atoms with E-state index in [4.69, 9.17) is 11.2 Å². The fraction of sp³-hybridized carbons (Fsp3) is 0.286. The minimum absolute atomic E-state index is 0.230. The summed E-state index contributed by atoms with van der Waals surface area (Å²) in [5.41, 5.74) is 4.37. The summed E-state index contributed by atoms with van der Waals surface area (Å²) in [6.07, 6.45) is 7.75. The number of benzene rings is 2. The molecule has 2 nitrogen and oxygen atoms in total. The second-order valence-corrected chi connectivity index (χ2v) is 6.44. The number of rotatable bonds is 4. The average molecular weight is 299 g/mol. The summed E-state index contributed by atoms with van der Waals surface area (Å²) < 4.78 is 5.62. The zero-order valence-electron chi connectivity index (χ0n) is 12.9. The number of nitrogens with zero attached hydrogens (tertiary/aromatic N) is 1. The number of hydrogen-bond donors (Lipinski definition) is 0. The molecule has 2 heteroatoms. The lowest BCUT2D eigenvalue weighted by atomic mass is 9.69. The topological polar surface area (TPSA) is 36.3 Å². The van der Waals surface area contributed by atoms with E-state index in [1.54, 1.807) is 0 Å². The molecule has 0 amide bonds. The molecule has 0 saturated carbocycles. The normalized spacial score (nSPS) is 22.5. The predicted molar refractivity (Wildman–Crippen MR) is 89.6 cm³/mol. The van der Waals surface area contributed by atoms with Crippen LogP contribution in [-0.4, -0.2) is 12.2 Å². The van der Waals surface area contributed by atoms with E-state index in [2.05, 4.69) is 60.5 Å². The van der Waals surface area contributed by atoms with Gasteiger partial charge in [0.25, 0.3) is 0 Å². The first-order valence-corrected chi connectivity index (χ1v) is 7.93. The van der Waals surface area contributed by atoms with Gasteiger partial charge in [-0.15, -0.1) is 6.42 Å². The predicted octanol–water partition coefficient (Wildman–Crippen LogP) is 4.05. The Balaban J connectivity index is 1.94. The second kappa shape index (κ2) is 4.98. The highest BCUT2D eigenvalue weighted by Gasteiger charge is 2.53. The molecule has 0 aromatic heterocycles. The van der Waals surface area contributed by atoms with Gasteiger partial charge in [-0.25, -0.2) is 0 Å². The third-order valence-corrected chi connectivity index (χ3v) is 5.18. The van der Waals surface area contributed by atoms with Crippen molar-refractivity contribution < 1.29 is 4.74 Å². The average Bonchev–Trinajstić information content (AvgIpc) is 3.33. The third-order valence-electron chi connectivity index (χ3n) is 5.18. The Morgan fingerprint density at radius 3 is 2.09 bits per heavy atom. The highest BCUT2D eigenvalue weighted by Crippen LogP contribution is 2.56. The van der Waals surface area contributed by atoms with Crippen molar-refractivity contribution in [3.63, 3.8) is 0 Å². The summed E-state index contributed by atoms with van der Waals surface area (Å²) in [5.74, 6) is 2.84. The third kappa shape index (κ3) is 2.00. The molecule has 2 aromatic rings. The van der Waals surface area contributed by atoms with E-state index in [9.17, 15) is 5.26 Å². The fourth-order valence-corrected chi connectivity index (χ4v) is 4.04. The Morgan fingerprint density at radius 2 is 1.61 bits per heavy atom. The van der Waals surface area contributed by atoms with Gasteiger partial charge in [-0.05, 0) is 28.7 Å². The van der Waals surface area contributed by atoms with Crippen LogP contribution >= 0.6 is 0 Å². The van der Waals surface area contributed by atoms with Gasteiger partial charge in [0.1, 0.15) is 0 Å². The van der Waals surface area contributed by atoms with E-state index < -0.39 is 5.60 Å². The van der Waals surface area contributed by atoms with Crippen molar-refractivity contribution in [2.75, 3.05) is 6.61 Å². The lowest BCUT2D eigenvalue weighted by Crippen LogP contribution is -2.31. The summed E-state index contributed by atoms with van der Waals surface area (Å²) in [6.45, 7) is 0.613. The molecule has 1 fully saturated rings. The summed E-state index contributed by atoms with van der Waals surface area (Å²) in [5, 5.41) is 9.19. The number of fused-ring (bicyclic) bond motifs is 3. The lowest BCUT2D eigenvalue weighted by Gasteiger charge is -2.33.